The smallest absolute Gasteiger partial charge is 0.230 e. The fourth-order valence-corrected chi connectivity index (χ4v) is 4.30. The van der Waals surface area contributed by atoms with E-state index < -0.39 is 0 Å². The molecule has 1 aliphatic rings. The molecule has 6 nitrogen and oxygen atoms in total. The lowest BCUT2D eigenvalue weighted by atomic mass is 10.1. The molecule has 0 atom stereocenters. The average molecular weight is 423 g/mol. The lowest BCUT2D eigenvalue weighted by molar-refractivity contribution is -0.119. The molecule has 0 bridgehead atoms. The van der Waals surface area contributed by atoms with Crippen LogP contribution in [0.4, 0.5) is 0 Å². The third kappa shape index (κ3) is 5.88. The van der Waals surface area contributed by atoms with E-state index in [4.69, 9.17) is 16.3 Å². The van der Waals surface area contributed by atoms with Crippen molar-refractivity contribution in [2.75, 3.05) is 5.75 Å². The Labute approximate surface area is 175 Å². The van der Waals surface area contributed by atoms with Crippen molar-refractivity contribution >= 4 is 29.3 Å². The highest BCUT2D eigenvalue weighted by atomic mass is 35.5. The molecule has 3 rings (SSSR count). The number of ether oxygens (including phenoxy) is 1. The van der Waals surface area contributed by atoms with Gasteiger partial charge in [0, 0.05) is 18.1 Å². The molecule has 1 heterocycles. The van der Waals surface area contributed by atoms with Crippen LogP contribution in [0.2, 0.25) is 5.02 Å². The van der Waals surface area contributed by atoms with Crippen LogP contribution in [0, 0.1) is 6.92 Å². The van der Waals surface area contributed by atoms with Crippen LogP contribution in [0.15, 0.2) is 23.4 Å². The zero-order valence-corrected chi connectivity index (χ0v) is 18.0. The van der Waals surface area contributed by atoms with Gasteiger partial charge in [0.05, 0.1) is 5.75 Å². The Bertz CT molecular complexity index is 803. The third-order valence-corrected chi connectivity index (χ3v) is 6.23. The molecule has 0 aliphatic heterocycles. The van der Waals surface area contributed by atoms with Crippen LogP contribution in [-0.4, -0.2) is 32.5 Å². The summed E-state index contributed by atoms with van der Waals surface area (Å²) in [7, 11) is 1.89. The van der Waals surface area contributed by atoms with E-state index in [1.54, 1.807) is 6.07 Å². The second-order valence-electron chi connectivity index (χ2n) is 7.20. The van der Waals surface area contributed by atoms with Gasteiger partial charge in [-0.25, -0.2) is 0 Å². The van der Waals surface area contributed by atoms with Crippen LogP contribution >= 0.6 is 23.4 Å². The quantitative estimate of drug-likeness (QED) is 0.532. The average Bonchev–Trinajstić information content (AvgIpc) is 2.84. The molecular formula is C20H27ClN4O2S. The van der Waals surface area contributed by atoms with Gasteiger partial charge in [0.1, 0.15) is 12.4 Å². The minimum Gasteiger partial charge on any atom is -0.485 e. The number of rotatable bonds is 7. The molecule has 28 heavy (non-hydrogen) atoms. The van der Waals surface area contributed by atoms with Crippen LogP contribution in [0.3, 0.4) is 0 Å². The lowest BCUT2D eigenvalue weighted by Gasteiger charge is -2.15. The van der Waals surface area contributed by atoms with Crippen LogP contribution < -0.4 is 10.1 Å². The molecule has 2 aromatic rings. The summed E-state index contributed by atoms with van der Waals surface area (Å²) in [6.07, 6.45) is 7.15. The summed E-state index contributed by atoms with van der Waals surface area (Å²) in [5, 5.41) is 12.9. The molecule has 1 N–H and O–H groups in total. The predicted octanol–water partition coefficient (Wildman–Crippen LogP) is 4.29. The van der Waals surface area contributed by atoms with Crippen molar-refractivity contribution in [1.82, 2.24) is 20.1 Å². The molecule has 152 valence electrons. The highest BCUT2D eigenvalue weighted by molar-refractivity contribution is 7.99. The van der Waals surface area contributed by atoms with Crippen molar-refractivity contribution in [2.45, 2.75) is 63.3 Å². The largest absolute Gasteiger partial charge is 0.485 e. The Morgan fingerprint density at radius 3 is 2.75 bits per heavy atom. The zero-order valence-electron chi connectivity index (χ0n) is 16.4. The van der Waals surface area contributed by atoms with Gasteiger partial charge in [0.25, 0.3) is 0 Å². The van der Waals surface area contributed by atoms with Crippen molar-refractivity contribution in [2.24, 2.45) is 7.05 Å². The molecule has 1 aromatic heterocycles. The van der Waals surface area contributed by atoms with E-state index in [1.165, 1.54) is 37.4 Å². The maximum absolute atomic E-state index is 12.3. The van der Waals surface area contributed by atoms with Gasteiger partial charge in [0.2, 0.25) is 5.91 Å². The van der Waals surface area contributed by atoms with Crippen molar-refractivity contribution in [3.8, 4) is 5.75 Å². The summed E-state index contributed by atoms with van der Waals surface area (Å²) in [6.45, 7) is 2.26. The van der Waals surface area contributed by atoms with Crippen LogP contribution in [-0.2, 0) is 18.4 Å². The summed E-state index contributed by atoms with van der Waals surface area (Å²) >= 11 is 7.38. The van der Waals surface area contributed by atoms with Gasteiger partial charge in [-0.2, -0.15) is 0 Å². The molecule has 8 heteroatoms. The summed E-state index contributed by atoms with van der Waals surface area (Å²) in [4.78, 5) is 12.3. The number of hydrogen-bond acceptors (Lipinski definition) is 5. The Morgan fingerprint density at radius 1 is 1.29 bits per heavy atom. The Hall–Kier alpha value is -1.73. The first-order valence-electron chi connectivity index (χ1n) is 9.72. The minimum atomic E-state index is 0.0643. The van der Waals surface area contributed by atoms with Crippen molar-refractivity contribution in [3.63, 3.8) is 0 Å². The first kappa shape index (κ1) is 21.0. The first-order chi connectivity index (χ1) is 13.5. The second kappa shape index (κ2) is 10.2. The topological polar surface area (TPSA) is 69.0 Å². The molecule has 0 saturated heterocycles. The van der Waals surface area contributed by atoms with E-state index in [-0.39, 0.29) is 5.91 Å². The molecule has 1 aromatic carbocycles. The van der Waals surface area contributed by atoms with Crippen molar-refractivity contribution < 1.29 is 9.53 Å². The number of nitrogens with zero attached hydrogens (tertiary/aromatic N) is 3. The number of aryl methyl sites for hydroxylation is 1. The second-order valence-corrected chi connectivity index (χ2v) is 8.58. The van der Waals surface area contributed by atoms with Gasteiger partial charge in [-0.3, -0.25) is 4.79 Å². The summed E-state index contributed by atoms with van der Waals surface area (Å²) in [5.74, 6) is 1.89. The maximum atomic E-state index is 12.3. The van der Waals surface area contributed by atoms with E-state index in [0.717, 1.165) is 24.2 Å². The summed E-state index contributed by atoms with van der Waals surface area (Å²) in [5.41, 5.74) is 0.972. The van der Waals surface area contributed by atoms with Crippen molar-refractivity contribution in [3.05, 3.63) is 34.6 Å². The third-order valence-electron chi connectivity index (χ3n) is 4.97. The molecule has 0 unspecified atom stereocenters. The fourth-order valence-electron chi connectivity index (χ4n) is 3.34. The van der Waals surface area contributed by atoms with E-state index in [9.17, 15) is 4.79 Å². The Balaban J connectivity index is 1.49. The standard InChI is InChI=1S/C20H27ClN4O2S/c1-14-11-15(21)9-10-17(14)27-12-18-23-24-20(25(18)2)28-13-19(26)22-16-7-5-3-4-6-8-16/h9-11,16H,3-8,12-13H2,1-2H3,(H,22,26). The molecule has 1 fully saturated rings. The fraction of sp³-hybridized carbons (Fsp3) is 0.550. The van der Waals surface area contributed by atoms with E-state index >= 15 is 0 Å². The number of nitrogens with one attached hydrogen (secondary N) is 1. The number of amides is 1. The van der Waals surface area contributed by atoms with E-state index in [2.05, 4.69) is 15.5 Å². The van der Waals surface area contributed by atoms with Gasteiger partial charge in [-0.15, -0.1) is 10.2 Å². The molecule has 1 amide bonds. The zero-order chi connectivity index (χ0) is 19.9. The van der Waals surface area contributed by atoms with Gasteiger partial charge in [0.15, 0.2) is 11.0 Å². The SMILES string of the molecule is Cc1cc(Cl)ccc1OCc1nnc(SCC(=O)NC2CCCCCC2)n1C. The first-order valence-corrected chi connectivity index (χ1v) is 11.1. The van der Waals surface area contributed by atoms with Crippen LogP contribution in [0.5, 0.6) is 5.75 Å². The molecule has 0 radical (unpaired) electrons. The van der Waals surface area contributed by atoms with E-state index in [0.29, 0.717) is 34.4 Å². The van der Waals surface area contributed by atoms with Gasteiger partial charge < -0.3 is 14.6 Å². The number of carbonyl (C=O) groups excluding carboxylic acids is 1. The molecule has 1 saturated carbocycles. The normalized spacial score (nSPS) is 15.2. The summed E-state index contributed by atoms with van der Waals surface area (Å²) < 4.78 is 7.71. The summed E-state index contributed by atoms with van der Waals surface area (Å²) in [6, 6.07) is 5.83. The number of benzene rings is 1. The van der Waals surface area contributed by atoms with E-state index in [1.807, 2.05) is 30.7 Å². The number of hydrogen-bond donors (Lipinski definition) is 1. The van der Waals surface area contributed by atoms with Gasteiger partial charge in [-0.1, -0.05) is 49.0 Å². The predicted molar refractivity (Wildman–Crippen MR) is 112 cm³/mol. The van der Waals surface area contributed by atoms with Gasteiger partial charge >= 0.3 is 0 Å². The lowest BCUT2D eigenvalue weighted by Crippen LogP contribution is -2.35. The van der Waals surface area contributed by atoms with Crippen LogP contribution in [0.1, 0.15) is 49.9 Å². The molecule has 0 spiro atoms. The Kier molecular flexibility index (Phi) is 7.62. The molecule has 1 aliphatic carbocycles. The molecular weight excluding hydrogens is 396 g/mol. The van der Waals surface area contributed by atoms with Crippen LogP contribution in [0.25, 0.3) is 0 Å². The number of carbonyl (C=O) groups is 1. The maximum Gasteiger partial charge on any atom is 0.230 e. The number of thioether (sulfide) groups is 1. The monoisotopic (exact) mass is 422 g/mol. The minimum absolute atomic E-state index is 0.0643. The Morgan fingerprint density at radius 2 is 2.04 bits per heavy atom. The van der Waals surface area contributed by atoms with Gasteiger partial charge in [-0.05, 0) is 43.5 Å². The number of aromatic nitrogens is 3. The highest BCUT2D eigenvalue weighted by Gasteiger charge is 2.16. The number of halogens is 1. The highest BCUT2D eigenvalue weighted by Crippen LogP contribution is 2.23. The van der Waals surface area contributed by atoms with Crippen molar-refractivity contribution in [1.29, 1.82) is 0 Å².